The first-order chi connectivity index (χ1) is 6.34. The summed E-state index contributed by atoms with van der Waals surface area (Å²) in [7, 11) is -2.37. The Bertz CT molecular complexity index is 257. The molecule has 0 bridgehead atoms. The minimum atomic E-state index is -1.19. The molecule has 0 N–H and O–H groups in total. The van der Waals surface area contributed by atoms with E-state index in [9.17, 15) is 0 Å². The summed E-state index contributed by atoms with van der Waals surface area (Å²) >= 11 is 0. The molecule has 0 rings (SSSR count). The average molecular weight is 241 g/mol. The molecule has 0 aromatic rings. The molecule has 0 aromatic heterocycles. The van der Waals surface area contributed by atoms with Crippen molar-refractivity contribution in [2.75, 3.05) is 0 Å². The molecule has 0 amide bonds. The molecule has 0 unspecified atom stereocenters. The van der Waals surface area contributed by atoms with Gasteiger partial charge < -0.3 is 0 Å². The Kier molecular flexibility index (Phi) is 4.43. The summed E-state index contributed by atoms with van der Waals surface area (Å²) in [5, 5.41) is 0. The van der Waals surface area contributed by atoms with Gasteiger partial charge in [-0.05, 0) is 11.5 Å². The van der Waals surface area contributed by atoms with Crippen molar-refractivity contribution in [3.63, 3.8) is 0 Å². The maximum Gasteiger partial charge on any atom is 0.0772 e. The van der Waals surface area contributed by atoms with Gasteiger partial charge in [0.15, 0.2) is 0 Å². The molecule has 0 atom stereocenters. The number of rotatable bonds is 2. The fraction of sp³-hybridized carbons (Fsp3) is 0.769. The van der Waals surface area contributed by atoms with Crippen molar-refractivity contribution in [3.05, 3.63) is 16.6 Å². The second-order valence-electron chi connectivity index (χ2n) is 7.53. The van der Waals surface area contributed by atoms with Gasteiger partial charge in [0.1, 0.15) is 0 Å². The average Bonchev–Trinajstić information content (AvgIpc) is 1.75. The summed E-state index contributed by atoms with van der Waals surface area (Å²) in [6.45, 7) is 21.3. The Labute approximate surface area is 98.5 Å². The van der Waals surface area contributed by atoms with Crippen LogP contribution in [-0.2, 0) is 0 Å². The van der Waals surface area contributed by atoms with Crippen LogP contribution in [0.2, 0.25) is 39.3 Å². The fourth-order valence-corrected chi connectivity index (χ4v) is 11.9. The Morgan fingerprint density at radius 3 is 1.40 bits per heavy atom. The van der Waals surface area contributed by atoms with Crippen molar-refractivity contribution < 1.29 is 0 Å². The number of hydrogen-bond acceptors (Lipinski definition) is 0. The molecule has 0 spiro atoms. The van der Waals surface area contributed by atoms with Gasteiger partial charge in [-0.3, -0.25) is 0 Å². The summed E-state index contributed by atoms with van der Waals surface area (Å²) in [6.07, 6.45) is 2.26. The largest absolute Gasteiger partial charge is 0.134 e. The lowest BCUT2D eigenvalue weighted by atomic mass is 9.97. The van der Waals surface area contributed by atoms with Gasteiger partial charge in [-0.2, -0.15) is 0 Å². The molecular formula is C13H28Si2. The van der Waals surface area contributed by atoms with Crippen LogP contribution in [0.4, 0.5) is 0 Å². The van der Waals surface area contributed by atoms with E-state index in [1.807, 2.05) is 0 Å². The highest BCUT2D eigenvalue weighted by atomic mass is 28.4. The van der Waals surface area contributed by atoms with Crippen LogP contribution in [-0.4, -0.2) is 16.1 Å². The van der Waals surface area contributed by atoms with E-state index in [4.69, 9.17) is 0 Å². The number of hydrogen-bond donors (Lipinski definition) is 0. The van der Waals surface area contributed by atoms with Crippen LogP contribution in [0.1, 0.15) is 20.8 Å². The van der Waals surface area contributed by atoms with Crippen molar-refractivity contribution in [1.29, 1.82) is 0 Å². The predicted molar refractivity (Wildman–Crippen MR) is 77.7 cm³/mol. The molecule has 0 aliphatic rings. The number of allylic oxidation sites excluding steroid dienone is 1. The van der Waals surface area contributed by atoms with Crippen LogP contribution < -0.4 is 0 Å². The molecule has 2 heteroatoms. The second-order valence-corrected chi connectivity index (χ2v) is 18.0. The molecule has 15 heavy (non-hydrogen) atoms. The topological polar surface area (TPSA) is 0 Å². The molecule has 0 saturated heterocycles. The van der Waals surface area contributed by atoms with Crippen LogP contribution >= 0.6 is 0 Å². The summed E-state index contributed by atoms with van der Waals surface area (Å²) in [5.41, 5.74) is 3.91. The highest BCUT2D eigenvalue weighted by Crippen LogP contribution is 2.25. The van der Waals surface area contributed by atoms with Gasteiger partial charge in [0.05, 0.1) is 16.1 Å². The van der Waals surface area contributed by atoms with E-state index in [-0.39, 0.29) is 5.41 Å². The van der Waals surface area contributed by atoms with Crippen molar-refractivity contribution in [3.8, 4) is 0 Å². The van der Waals surface area contributed by atoms with Gasteiger partial charge >= 0.3 is 0 Å². The van der Waals surface area contributed by atoms with Crippen molar-refractivity contribution in [1.82, 2.24) is 0 Å². The third kappa shape index (κ3) is 6.19. The van der Waals surface area contributed by atoms with E-state index in [2.05, 4.69) is 71.9 Å². The molecule has 0 aliphatic heterocycles. The summed E-state index contributed by atoms with van der Waals surface area (Å²) in [6, 6.07) is 0. The molecule has 0 saturated carbocycles. The van der Waals surface area contributed by atoms with Crippen LogP contribution in [0, 0.1) is 5.41 Å². The van der Waals surface area contributed by atoms with Gasteiger partial charge in [0, 0.05) is 0 Å². The highest BCUT2D eigenvalue weighted by Gasteiger charge is 2.30. The minimum Gasteiger partial charge on any atom is -0.134 e. The molecule has 0 nitrogen and oxygen atoms in total. The predicted octanol–water partition coefficient (Wildman–Crippen LogP) is 4.87. The van der Waals surface area contributed by atoms with Crippen LogP contribution in [0.5, 0.6) is 0 Å². The molecule has 0 aliphatic carbocycles. The molecule has 0 radical (unpaired) electrons. The monoisotopic (exact) mass is 240 g/mol. The maximum atomic E-state index is 3.65. The highest BCUT2D eigenvalue weighted by molar-refractivity contribution is 7.04. The Hall–Kier alpha value is -0.0462. The lowest BCUT2D eigenvalue weighted by Gasteiger charge is -2.29. The van der Waals surface area contributed by atoms with Gasteiger partial charge in [-0.15, -0.1) is 5.73 Å². The Balaban J connectivity index is 5.44. The van der Waals surface area contributed by atoms with E-state index in [1.165, 1.54) is 0 Å². The Morgan fingerprint density at radius 2 is 1.20 bits per heavy atom. The van der Waals surface area contributed by atoms with E-state index in [0.29, 0.717) is 0 Å². The summed E-state index contributed by atoms with van der Waals surface area (Å²) < 4.78 is 0. The van der Waals surface area contributed by atoms with Crippen LogP contribution in [0.25, 0.3) is 0 Å². The van der Waals surface area contributed by atoms with Crippen molar-refractivity contribution in [2.45, 2.75) is 60.1 Å². The van der Waals surface area contributed by atoms with Crippen molar-refractivity contribution >= 4 is 16.1 Å². The first-order valence-electron chi connectivity index (χ1n) is 5.83. The maximum absolute atomic E-state index is 3.65. The third-order valence-corrected chi connectivity index (χ3v) is 9.94. The van der Waals surface area contributed by atoms with E-state index in [1.54, 1.807) is 4.82 Å². The standard InChI is InChI=1S/C13H28Si2/c1-13(2,3)11-10-12(14(4,5)6)15(7,8)9/h11H,1-9H3. The van der Waals surface area contributed by atoms with Gasteiger partial charge in [0.25, 0.3) is 0 Å². The van der Waals surface area contributed by atoms with Crippen LogP contribution in [0.15, 0.2) is 16.6 Å². The van der Waals surface area contributed by atoms with Crippen LogP contribution in [0.3, 0.4) is 0 Å². The molecule has 0 heterocycles. The first-order valence-corrected chi connectivity index (χ1v) is 12.8. The molecule has 0 aromatic carbocycles. The fourth-order valence-electron chi connectivity index (χ4n) is 1.85. The normalized spacial score (nSPS) is 13.4. The van der Waals surface area contributed by atoms with Gasteiger partial charge in [0.2, 0.25) is 0 Å². The van der Waals surface area contributed by atoms with E-state index >= 15 is 0 Å². The SMILES string of the molecule is CC(C)(C)C=C=C([Si](C)(C)C)[Si](C)(C)C. The summed E-state index contributed by atoms with van der Waals surface area (Å²) in [5.74, 6) is 0. The second kappa shape index (κ2) is 4.44. The summed E-state index contributed by atoms with van der Waals surface area (Å²) in [4.78, 5) is 1.67. The smallest absolute Gasteiger partial charge is 0.0772 e. The zero-order chi connectivity index (χ0) is 12.5. The van der Waals surface area contributed by atoms with E-state index < -0.39 is 16.1 Å². The Morgan fingerprint density at radius 1 is 0.867 bits per heavy atom. The van der Waals surface area contributed by atoms with Crippen molar-refractivity contribution in [2.24, 2.45) is 5.41 Å². The molecule has 88 valence electrons. The van der Waals surface area contributed by atoms with E-state index in [0.717, 1.165) is 0 Å². The first kappa shape index (κ1) is 15.0. The molecular weight excluding hydrogens is 212 g/mol. The third-order valence-electron chi connectivity index (χ3n) is 2.15. The minimum absolute atomic E-state index is 0.255. The zero-order valence-corrected chi connectivity index (χ0v) is 14.1. The quantitative estimate of drug-likeness (QED) is 0.477. The zero-order valence-electron chi connectivity index (χ0n) is 12.1. The molecule has 0 fully saturated rings. The van der Waals surface area contributed by atoms with Gasteiger partial charge in [-0.25, -0.2) is 0 Å². The lowest BCUT2D eigenvalue weighted by molar-refractivity contribution is 0.545. The van der Waals surface area contributed by atoms with Gasteiger partial charge in [-0.1, -0.05) is 64.9 Å². The lowest BCUT2D eigenvalue weighted by Crippen LogP contribution is -2.39.